The van der Waals surface area contributed by atoms with Crippen molar-refractivity contribution in [1.29, 1.82) is 0 Å². The Morgan fingerprint density at radius 3 is 2.42 bits per heavy atom. The van der Waals surface area contributed by atoms with Crippen LogP contribution < -0.4 is 10.1 Å². The van der Waals surface area contributed by atoms with Gasteiger partial charge in [0.25, 0.3) is 5.91 Å². The minimum Gasteiger partial charge on any atom is -0.484 e. The summed E-state index contributed by atoms with van der Waals surface area (Å²) in [5, 5.41) is 3.23. The fourth-order valence-corrected chi connectivity index (χ4v) is 5.13. The minimum atomic E-state index is -0.652. The third-order valence-corrected chi connectivity index (χ3v) is 7.06. The summed E-state index contributed by atoms with van der Waals surface area (Å²) in [6.45, 7) is 2.15. The molecule has 0 radical (unpaired) electrons. The molecule has 0 aromatic heterocycles. The van der Waals surface area contributed by atoms with Crippen LogP contribution in [-0.4, -0.2) is 35.4 Å². The van der Waals surface area contributed by atoms with Crippen LogP contribution in [0.4, 0.5) is 0 Å². The maximum absolute atomic E-state index is 13.7. The lowest BCUT2D eigenvalue weighted by molar-refractivity contribution is -0.143. The SMILES string of the molecule is Cc1cccc(OCC(=O)N(Cc2cccc(Br)c2)[C@H](Cc2ccccc2)C(=O)NC2CCCC2)c1. The lowest BCUT2D eigenvalue weighted by Gasteiger charge is -2.32. The Labute approximate surface area is 222 Å². The van der Waals surface area contributed by atoms with Crippen molar-refractivity contribution in [1.82, 2.24) is 10.2 Å². The van der Waals surface area contributed by atoms with E-state index < -0.39 is 6.04 Å². The van der Waals surface area contributed by atoms with Crippen molar-refractivity contribution in [3.8, 4) is 5.75 Å². The summed E-state index contributed by atoms with van der Waals surface area (Å²) in [4.78, 5) is 29.0. The average Bonchev–Trinajstić information content (AvgIpc) is 3.38. The van der Waals surface area contributed by atoms with Gasteiger partial charge in [0, 0.05) is 23.5 Å². The smallest absolute Gasteiger partial charge is 0.261 e. The second-order valence-electron chi connectivity index (χ2n) is 9.45. The van der Waals surface area contributed by atoms with Crippen LogP contribution in [0.2, 0.25) is 0 Å². The Balaban J connectivity index is 1.61. The van der Waals surface area contributed by atoms with Crippen molar-refractivity contribution in [3.05, 3.63) is 100 Å². The Kier molecular flexibility index (Phi) is 9.17. The molecule has 188 valence electrons. The van der Waals surface area contributed by atoms with E-state index in [0.717, 1.165) is 46.8 Å². The molecule has 1 atom stereocenters. The van der Waals surface area contributed by atoms with Gasteiger partial charge < -0.3 is 15.0 Å². The average molecular weight is 550 g/mol. The number of carbonyl (C=O) groups is 2. The Morgan fingerprint density at radius 2 is 1.69 bits per heavy atom. The molecule has 1 saturated carbocycles. The highest BCUT2D eigenvalue weighted by Gasteiger charge is 2.32. The fraction of sp³-hybridized carbons (Fsp3) is 0.333. The van der Waals surface area contributed by atoms with E-state index in [0.29, 0.717) is 18.7 Å². The Bertz CT molecular complexity index is 1160. The molecule has 0 spiro atoms. The molecule has 3 aromatic carbocycles. The number of ether oxygens (including phenoxy) is 1. The zero-order chi connectivity index (χ0) is 25.3. The molecule has 0 unspecified atom stereocenters. The number of amides is 2. The lowest BCUT2D eigenvalue weighted by Crippen LogP contribution is -2.53. The molecule has 0 aliphatic heterocycles. The highest BCUT2D eigenvalue weighted by Crippen LogP contribution is 2.21. The number of benzene rings is 3. The molecule has 0 saturated heterocycles. The fourth-order valence-electron chi connectivity index (χ4n) is 4.69. The summed E-state index contributed by atoms with van der Waals surface area (Å²) in [5.41, 5.74) is 3.01. The monoisotopic (exact) mass is 548 g/mol. The van der Waals surface area contributed by atoms with Crippen molar-refractivity contribution >= 4 is 27.7 Å². The molecule has 1 aliphatic rings. The molecular formula is C30H33BrN2O3. The van der Waals surface area contributed by atoms with Gasteiger partial charge in [0.15, 0.2) is 6.61 Å². The summed E-state index contributed by atoms with van der Waals surface area (Å²) in [6, 6.07) is 24.9. The van der Waals surface area contributed by atoms with E-state index in [1.54, 1.807) is 4.90 Å². The van der Waals surface area contributed by atoms with Crippen LogP contribution in [0.3, 0.4) is 0 Å². The van der Waals surface area contributed by atoms with Crippen LogP contribution in [0.5, 0.6) is 5.75 Å². The third kappa shape index (κ3) is 7.44. The van der Waals surface area contributed by atoms with E-state index in [-0.39, 0.29) is 24.5 Å². The number of aryl methyl sites for hydroxylation is 1. The van der Waals surface area contributed by atoms with E-state index in [9.17, 15) is 9.59 Å². The molecule has 36 heavy (non-hydrogen) atoms. The molecule has 2 amide bonds. The largest absolute Gasteiger partial charge is 0.484 e. The number of hydrogen-bond acceptors (Lipinski definition) is 3. The van der Waals surface area contributed by atoms with E-state index in [4.69, 9.17) is 4.74 Å². The van der Waals surface area contributed by atoms with Gasteiger partial charge in [-0.25, -0.2) is 0 Å². The summed E-state index contributed by atoms with van der Waals surface area (Å²) in [6.07, 6.45) is 4.65. The van der Waals surface area contributed by atoms with Gasteiger partial charge in [-0.3, -0.25) is 9.59 Å². The van der Waals surface area contributed by atoms with Crippen molar-refractivity contribution in [2.24, 2.45) is 0 Å². The maximum atomic E-state index is 13.7. The number of halogens is 1. The van der Waals surface area contributed by atoms with Crippen molar-refractivity contribution in [3.63, 3.8) is 0 Å². The predicted octanol–water partition coefficient (Wildman–Crippen LogP) is 5.84. The molecule has 0 heterocycles. The summed E-state index contributed by atoms with van der Waals surface area (Å²) >= 11 is 3.53. The normalized spacial score (nSPS) is 14.3. The molecule has 6 heteroatoms. The van der Waals surface area contributed by atoms with Gasteiger partial charge >= 0.3 is 0 Å². The van der Waals surface area contributed by atoms with Gasteiger partial charge in [-0.05, 0) is 60.7 Å². The van der Waals surface area contributed by atoms with E-state index in [2.05, 4.69) is 21.2 Å². The Hall–Kier alpha value is -3.12. The number of carbonyl (C=O) groups excluding carboxylic acids is 2. The summed E-state index contributed by atoms with van der Waals surface area (Å²) < 4.78 is 6.80. The standard InChI is InChI=1S/C30H33BrN2O3/c1-22-9-7-16-27(17-22)36-21-29(34)33(20-24-12-8-13-25(31)18-24)28(19-23-10-3-2-4-11-23)30(35)32-26-14-5-6-15-26/h2-4,7-13,16-18,26,28H,5-6,14-15,19-21H2,1H3,(H,32,35)/t28-/m1/s1. The van der Waals surface area contributed by atoms with Crippen LogP contribution >= 0.6 is 15.9 Å². The Morgan fingerprint density at radius 1 is 0.972 bits per heavy atom. The van der Waals surface area contributed by atoms with Crippen LogP contribution in [0.15, 0.2) is 83.3 Å². The van der Waals surface area contributed by atoms with Crippen LogP contribution in [0, 0.1) is 6.92 Å². The van der Waals surface area contributed by atoms with Gasteiger partial charge in [-0.1, -0.05) is 83.4 Å². The van der Waals surface area contributed by atoms with Gasteiger partial charge in [0.05, 0.1) is 0 Å². The first-order valence-corrected chi connectivity index (χ1v) is 13.3. The molecule has 4 rings (SSSR count). The lowest BCUT2D eigenvalue weighted by atomic mass is 10.0. The van der Waals surface area contributed by atoms with Crippen LogP contribution in [0.25, 0.3) is 0 Å². The number of hydrogen-bond donors (Lipinski definition) is 1. The van der Waals surface area contributed by atoms with E-state index in [1.807, 2.05) is 85.8 Å². The second-order valence-corrected chi connectivity index (χ2v) is 10.4. The molecule has 3 aromatic rings. The number of nitrogens with zero attached hydrogens (tertiary/aromatic N) is 1. The minimum absolute atomic E-state index is 0.107. The van der Waals surface area contributed by atoms with Gasteiger partial charge in [0.2, 0.25) is 5.91 Å². The molecule has 1 fully saturated rings. The summed E-state index contributed by atoms with van der Waals surface area (Å²) in [7, 11) is 0. The number of rotatable bonds is 10. The second kappa shape index (κ2) is 12.7. The quantitative estimate of drug-likeness (QED) is 0.346. The number of nitrogens with one attached hydrogen (secondary N) is 1. The van der Waals surface area contributed by atoms with Crippen molar-refractivity contribution in [2.75, 3.05) is 6.61 Å². The molecular weight excluding hydrogens is 516 g/mol. The van der Waals surface area contributed by atoms with Gasteiger partial charge in [-0.2, -0.15) is 0 Å². The van der Waals surface area contributed by atoms with E-state index in [1.165, 1.54) is 0 Å². The van der Waals surface area contributed by atoms with E-state index >= 15 is 0 Å². The molecule has 5 nitrogen and oxygen atoms in total. The third-order valence-electron chi connectivity index (χ3n) is 6.57. The topological polar surface area (TPSA) is 58.6 Å². The van der Waals surface area contributed by atoms with Crippen molar-refractivity contribution in [2.45, 2.75) is 57.7 Å². The van der Waals surface area contributed by atoms with Gasteiger partial charge in [0.1, 0.15) is 11.8 Å². The molecule has 0 bridgehead atoms. The molecule has 1 aliphatic carbocycles. The van der Waals surface area contributed by atoms with Crippen LogP contribution in [0.1, 0.15) is 42.4 Å². The highest BCUT2D eigenvalue weighted by molar-refractivity contribution is 9.10. The van der Waals surface area contributed by atoms with Crippen molar-refractivity contribution < 1.29 is 14.3 Å². The molecule has 1 N–H and O–H groups in total. The zero-order valence-corrected chi connectivity index (χ0v) is 22.2. The van der Waals surface area contributed by atoms with Crippen LogP contribution in [-0.2, 0) is 22.6 Å². The van der Waals surface area contributed by atoms with Gasteiger partial charge in [-0.15, -0.1) is 0 Å². The first-order valence-electron chi connectivity index (χ1n) is 12.6. The maximum Gasteiger partial charge on any atom is 0.261 e. The summed E-state index contributed by atoms with van der Waals surface area (Å²) in [5.74, 6) is 0.310. The zero-order valence-electron chi connectivity index (χ0n) is 20.7. The highest BCUT2D eigenvalue weighted by atomic mass is 79.9. The first-order chi connectivity index (χ1) is 17.5. The predicted molar refractivity (Wildman–Crippen MR) is 146 cm³/mol. The first kappa shape index (κ1) is 26.0.